The summed E-state index contributed by atoms with van der Waals surface area (Å²) in [6.45, 7) is 12.5. The van der Waals surface area contributed by atoms with Gasteiger partial charge in [-0.05, 0) is 5.92 Å². The van der Waals surface area contributed by atoms with Gasteiger partial charge in [-0.25, -0.2) is 0 Å². The van der Waals surface area contributed by atoms with Crippen LogP contribution in [-0.2, 0) is 0 Å². The minimum absolute atomic E-state index is 0.220. The Bertz CT molecular complexity index is 297. The number of aliphatic imine (C=N–C) groups is 1. The summed E-state index contributed by atoms with van der Waals surface area (Å²) < 4.78 is 2.66. The highest BCUT2D eigenvalue weighted by Gasteiger charge is 2.46. The molecular formula is C13H29N5+2. The maximum atomic E-state index is 5.37. The van der Waals surface area contributed by atoms with Gasteiger partial charge < -0.3 is 20.4 Å². The molecule has 3 rings (SSSR count). The van der Waals surface area contributed by atoms with E-state index in [1.54, 1.807) is 0 Å². The Balaban J connectivity index is 1.78. The van der Waals surface area contributed by atoms with Crippen LogP contribution in [0.1, 0.15) is 13.3 Å². The molecule has 0 aromatic rings. The van der Waals surface area contributed by atoms with Gasteiger partial charge in [-0.1, -0.05) is 6.92 Å². The lowest BCUT2D eigenvalue weighted by Gasteiger charge is -2.54. The molecule has 1 atom stereocenters. The van der Waals surface area contributed by atoms with E-state index in [9.17, 15) is 0 Å². The summed E-state index contributed by atoms with van der Waals surface area (Å²) in [5.41, 5.74) is 10.7. The van der Waals surface area contributed by atoms with Crippen molar-refractivity contribution in [2.45, 2.75) is 13.3 Å². The van der Waals surface area contributed by atoms with Gasteiger partial charge in [0.25, 0.3) is 0 Å². The summed E-state index contributed by atoms with van der Waals surface area (Å²) in [6.07, 6.45) is 1.24. The number of fused-ring (bicyclic) bond motifs is 3. The molecule has 3 aliphatic rings. The Morgan fingerprint density at radius 2 is 1.67 bits per heavy atom. The van der Waals surface area contributed by atoms with Crippen molar-refractivity contribution in [2.75, 3.05) is 59.4 Å². The summed E-state index contributed by atoms with van der Waals surface area (Å²) in [6, 6.07) is 0. The van der Waals surface area contributed by atoms with Crippen molar-refractivity contribution >= 4 is 5.96 Å². The van der Waals surface area contributed by atoms with Gasteiger partial charge in [-0.15, -0.1) is 0 Å². The predicted molar refractivity (Wildman–Crippen MR) is 75.0 cm³/mol. The lowest BCUT2D eigenvalue weighted by atomic mass is 10.0. The van der Waals surface area contributed by atoms with Crippen molar-refractivity contribution in [2.24, 2.45) is 22.4 Å². The zero-order valence-corrected chi connectivity index (χ0v) is 11.9. The number of rotatable bonds is 5. The number of guanidine groups is 1. The second kappa shape index (κ2) is 5.05. The van der Waals surface area contributed by atoms with Crippen molar-refractivity contribution in [1.29, 1.82) is 0 Å². The van der Waals surface area contributed by atoms with Gasteiger partial charge in [0.2, 0.25) is 0 Å². The maximum Gasteiger partial charge on any atom is 0.185 e. The van der Waals surface area contributed by atoms with Crippen molar-refractivity contribution in [3.8, 4) is 0 Å². The highest BCUT2D eigenvalue weighted by atomic mass is 15.5. The van der Waals surface area contributed by atoms with Crippen LogP contribution in [-0.4, -0.2) is 74.3 Å². The molecule has 3 saturated heterocycles. The minimum atomic E-state index is 0.220. The van der Waals surface area contributed by atoms with E-state index in [1.807, 2.05) is 0 Å². The summed E-state index contributed by atoms with van der Waals surface area (Å²) in [4.78, 5) is 4.12. The van der Waals surface area contributed by atoms with Gasteiger partial charge in [0, 0.05) is 13.0 Å². The lowest BCUT2D eigenvalue weighted by Crippen LogP contribution is -2.73. The van der Waals surface area contributed by atoms with Crippen LogP contribution < -0.4 is 11.5 Å². The fourth-order valence-corrected chi connectivity index (χ4v) is 3.21. The van der Waals surface area contributed by atoms with Gasteiger partial charge in [-0.2, -0.15) is 0 Å². The van der Waals surface area contributed by atoms with Gasteiger partial charge in [-0.3, -0.25) is 4.99 Å². The molecule has 0 unspecified atom stereocenters. The molecule has 0 aromatic carbocycles. The second-order valence-electron chi connectivity index (χ2n) is 6.69. The molecule has 3 aliphatic heterocycles. The molecule has 0 saturated carbocycles. The predicted octanol–water partition coefficient (Wildman–Crippen LogP) is -0.423. The molecule has 3 fully saturated rings. The van der Waals surface area contributed by atoms with Crippen LogP contribution in [0.5, 0.6) is 0 Å². The number of likely N-dealkylation sites (N-methyl/N-ethyl adjacent to an activating group) is 1. The molecular weight excluding hydrogens is 226 g/mol. The number of hydrogen-bond donors (Lipinski definition) is 2. The third kappa shape index (κ3) is 3.14. The van der Waals surface area contributed by atoms with E-state index in [0.29, 0.717) is 5.92 Å². The molecule has 18 heavy (non-hydrogen) atoms. The van der Waals surface area contributed by atoms with Gasteiger partial charge >= 0.3 is 0 Å². The fourth-order valence-electron chi connectivity index (χ4n) is 3.21. The molecule has 0 spiro atoms. The highest BCUT2D eigenvalue weighted by molar-refractivity contribution is 5.75. The Hall–Kier alpha value is -0.810. The Morgan fingerprint density at radius 1 is 1.11 bits per heavy atom. The van der Waals surface area contributed by atoms with Crippen LogP contribution in [0.25, 0.3) is 0 Å². The average molecular weight is 255 g/mol. The van der Waals surface area contributed by atoms with E-state index in [2.05, 4.69) is 19.0 Å². The quantitative estimate of drug-likeness (QED) is 0.398. The zero-order chi connectivity index (χ0) is 13.2. The number of piperazine rings is 3. The Morgan fingerprint density at radius 3 is 2.17 bits per heavy atom. The molecule has 0 aromatic heterocycles. The number of quaternary nitrogens is 2. The van der Waals surface area contributed by atoms with Gasteiger partial charge in [0.15, 0.2) is 5.96 Å². The van der Waals surface area contributed by atoms with Crippen LogP contribution in [0.2, 0.25) is 0 Å². The molecule has 3 heterocycles. The third-order valence-electron chi connectivity index (χ3n) is 5.02. The van der Waals surface area contributed by atoms with Crippen molar-refractivity contribution < 1.29 is 8.97 Å². The summed E-state index contributed by atoms with van der Waals surface area (Å²) in [5, 5.41) is 0. The van der Waals surface area contributed by atoms with Crippen LogP contribution in [0.3, 0.4) is 0 Å². The van der Waals surface area contributed by atoms with Crippen molar-refractivity contribution in [1.82, 2.24) is 0 Å². The topological polar surface area (TPSA) is 64.4 Å². The first-order valence-electron chi connectivity index (χ1n) is 7.17. The molecule has 2 bridgehead atoms. The Kier molecular flexibility index (Phi) is 3.82. The molecule has 104 valence electrons. The van der Waals surface area contributed by atoms with Gasteiger partial charge in [0.05, 0.1) is 13.6 Å². The van der Waals surface area contributed by atoms with Crippen LogP contribution in [0.15, 0.2) is 4.99 Å². The molecule has 0 aliphatic carbocycles. The number of hydrogen-bond acceptors (Lipinski definition) is 1. The second-order valence-corrected chi connectivity index (χ2v) is 6.69. The Labute approximate surface area is 111 Å². The van der Waals surface area contributed by atoms with Gasteiger partial charge in [0.1, 0.15) is 39.3 Å². The van der Waals surface area contributed by atoms with E-state index in [0.717, 1.165) is 6.54 Å². The monoisotopic (exact) mass is 255 g/mol. The van der Waals surface area contributed by atoms with Crippen LogP contribution in [0, 0.1) is 5.92 Å². The van der Waals surface area contributed by atoms with E-state index in [4.69, 9.17) is 11.5 Å². The lowest BCUT2D eigenvalue weighted by molar-refractivity contribution is -1.07. The molecule has 0 radical (unpaired) electrons. The normalized spacial score (nSPS) is 36.3. The smallest absolute Gasteiger partial charge is 0.185 e. The maximum absolute atomic E-state index is 5.37. The SMILES string of the molecule is C[C@H](CC[N+]12CC[N+](C)(CC1)CC2)CN=C(N)N. The molecule has 0 amide bonds. The molecule has 5 heteroatoms. The van der Waals surface area contributed by atoms with Crippen LogP contribution in [0.4, 0.5) is 0 Å². The molecule has 4 N–H and O–H groups in total. The summed E-state index contributed by atoms with van der Waals surface area (Å²) in [7, 11) is 2.41. The zero-order valence-electron chi connectivity index (χ0n) is 11.9. The first-order valence-corrected chi connectivity index (χ1v) is 7.17. The minimum Gasteiger partial charge on any atom is -0.370 e. The first-order chi connectivity index (χ1) is 8.43. The number of nitrogens with zero attached hydrogens (tertiary/aromatic N) is 3. The van der Waals surface area contributed by atoms with E-state index < -0.39 is 0 Å². The summed E-state index contributed by atoms with van der Waals surface area (Å²) in [5.74, 6) is 0.808. The molecule has 5 nitrogen and oxygen atoms in total. The van der Waals surface area contributed by atoms with Crippen molar-refractivity contribution in [3.05, 3.63) is 0 Å². The summed E-state index contributed by atoms with van der Waals surface area (Å²) >= 11 is 0. The standard InChI is InChI=1S/C13H29N5/c1-12(11-16-13(14)15)3-4-18-8-5-17(2,6-9-18)7-10-18/h12H,3-11H2,1-2H3,(H4,14,15,16)/q+2/t12-,17?,18?/m1/s1. The third-order valence-corrected chi connectivity index (χ3v) is 5.02. The van der Waals surface area contributed by atoms with Crippen molar-refractivity contribution in [3.63, 3.8) is 0 Å². The number of nitrogens with two attached hydrogens (primary N) is 2. The fraction of sp³-hybridized carbons (Fsp3) is 0.923. The highest BCUT2D eigenvalue weighted by Crippen LogP contribution is 2.25. The largest absolute Gasteiger partial charge is 0.370 e. The average Bonchev–Trinajstić information content (AvgIpc) is 2.36. The first kappa shape index (κ1) is 13.6. The van der Waals surface area contributed by atoms with E-state index >= 15 is 0 Å². The van der Waals surface area contributed by atoms with Crippen LogP contribution >= 0.6 is 0 Å². The van der Waals surface area contributed by atoms with E-state index in [-0.39, 0.29) is 5.96 Å². The van der Waals surface area contributed by atoms with E-state index in [1.165, 1.54) is 61.2 Å².